The van der Waals surface area contributed by atoms with E-state index < -0.39 is 24.0 Å². The second-order valence-corrected chi connectivity index (χ2v) is 5.41. The van der Waals surface area contributed by atoms with E-state index in [1.807, 2.05) is 42.5 Å². The molecule has 0 radical (unpaired) electrons. The number of carbonyl (C=O) groups is 2. The molecule has 1 aliphatic rings. The molecule has 128 valence electrons. The van der Waals surface area contributed by atoms with Gasteiger partial charge >= 0.3 is 11.9 Å². The second kappa shape index (κ2) is 8.34. The predicted octanol–water partition coefficient (Wildman–Crippen LogP) is 3.12. The van der Waals surface area contributed by atoms with Gasteiger partial charge in [0.15, 0.2) is 0 Å². The minimum absolute atomic E-state index is 0.262. The first-order valence-electron chi connectivity index (χ1n) is 7.92. The number of ether oxygens (including phenoxy) is 3. The molecular formula is C19H22O5. The van der Waals surface area contributed by atoms with E-state index in [4.69, 9.17) is 14.2 Å². The summed E-state index contributed by atoms with van der Waals surface area (Å²) in [7, 11) is 1.32. The smallest absolute Gasteiger partial charge is 0.347 e. The Labute approximate surface area is 141 Å². The zero-order chi connectivity index (χ0) is 17.5. The Kier molecular flexibility index (Phi) is 6.18. The lowest BCUT2D eigenvalue weighted by molar-refractivity contribution is -0.154. The maximum Gasteiger partial charge on any atom is 0.347 e. The predicted molar refractivity (Wildman–Crippen MR) is 89.8 cm³/mol. The van der Waals surface area contributed by atoms with Crippen molar-refractivity contribution in [1.82, 2.24) is 0 Å². The van der Waals surface area contributed by atoms with Crippen LogP contribution in [0.2, 0.25) is 0 Å². The Hall–Kier alpha value is -2.56. The third-order valence-corrected chi connectivity index (χ3v) is 3.84. The molecule has 0 saturated carbocycles. The van der Waals surface area contributed by atoms with Crippen molar-refractivity contribution in [1.29, 1.82) is 0 Å². The van der Waals surface area contributed by atoms with Crippen molar-refractivity contribution < 1.29 is 23.8 Å². The van der Waals surface area contributed by atoms with Crippen molar-refractivity contribution in [2.45, 2.75) is 26.4 Å². The highest BCUT2D eigenvalue weighted by Crippen LogP contribution is 2.35. The van der Waals surface area contributed by atoms with Gasteiger partial charge in [0.2, 0.25) is 6.10 Å². The van der Waals surface area contributed by atoms with Crippen LogP contribution in [0.15, 0.2) is 47.7 Å². The quantitative estimate of drug-likeness (QED) is 0.750. The first kappa shape index (κ1) is 17.8. The number of carbonyl (C=O) groups excluding carboxylic acids is 2. The maximum atomic E-state index is 12.1. The van der Waals surface area contributed by atoms with Crippen LogP contribution in [0.4, 0.5) is 0 Å². The molecule has 0 saturated heterocycles. The number of esters is 2. The molecule has 5 nitrogen and oxygen atoms in total. The number of methoxy groups -OCH3 is 1. The molecule has 24 heavy (non-hydrogen) atoms. The van der Waals surface area contributed by atoms with Gasteiger partial charge in [-0.15, -0.1) is 0 Å². The monoisotopic (exact) mass is 330 g/mol. The molecule has 1 aliphatic heterocycles. The lowest BCUT2D eigenvalue weighted by Crippen LogP contribution is -2.31. The minimum atomic E-state index is -0.820. The Morgan fingerprint density at radius 2 is 1.96 bits per heavy atom. The van der Waals surface area contributed by atoms with Gasteiger partial charge in [0.05, 0.1) is 19.3 Å². The Morgan fingerprint density at radius 1 is 1.25 bits per heavy atom. The van der Waals surface area contributed by atoms with Gasteiger partial charge in [0, 0.05) is 5.92 Å². The standard InChI is InChI=1S/C19H22O5/c1-4-23-19(21)17-15(16(13(2)24-17)18(20)22-3)12-8-11-14-9-6-5-7-10-14/h5-11,15,17H,4,12H2,1-3H3/b11-8+/t15-,17-/m0/s1. The number of benzene rings is 1. The Balaban J connectivity index is 2.19. The molecule has 0 aliphatic carbocycles. The summed E-state index contributed by atoms with van der Waals surface area (Å²) in [5, 5.41) is 0. The fourth-order valence-electron chi connectivity index (χ4n) is 2.75. The fourth-order valence-corrected chi connectivity index (χ4v) is 2.75. The van der Waals surface area contributed by atoms with Crippen LogP contribution in [0.1, 0.15) is 25.8 Å². The average Bonchev–Trinajstić information content (AvgIpc) is 2.92. The fraction of sp³-hybridized carbons (Fsp3) is 0.368. The van der Waals surface area contributed by atoms with Gasteiger partial charge in [-0.2, -0.15) is 0 Å². The zero-order valence-corrected chi connectivity index (χ0v) is 14.2. The van der Waals surface area contributed by atoms with Gasteiger partial charge in [0.1, 0.15) is 5.76 Å². The van der Waals surface area contributed by atoms with Crippen LogP contribution in [0.5, 0.6) is 0 Å². The highest BCUT2D eigenvalue weighted by Gasteiger charge is 2.43. The molecular weight excluding hydrogens is 308 g/mol. The van der Waals surface area contributed by atoms with Gasteiger partial charge in [-0.1, -0.05) is 42.5 Å². The van der Waals surface area contributed by atoms with Crippen molar-refractivity contribution >= 4 is 18.0 Å². The molecule has 1 aromatic rings. The molecule has 0 amide bonds. The molecule has 1 aromatic carbocycles. The van der Waals surface area contributed by atoms with E-state index in [9.17, 15) is 9.59 Å². The number of rotatable bonds is 6. The minimum Gasteiger partial charge on any atom is -0.482 e. The van der Waals surface area contributed by atoms with Gasteiger partial charge in [-0.3, -0.25) is 0 Å². The third kappa shape index (κ3) is 4.04. The van der Waals surface area contributed by atoms with Crippen LogP contribution in [0.3, 0.4) is 0 Å². The van der Waals surface area contributed by atoms with E-state index in [2.05, 4.69) is 0 Å². The molecule has 2 rings (SSSR count). The van der Waals surface area contributed by atoms with E-state index in [-0.39, 0.29) is 6.61 Å². The van der Waals surface area contributed by atoms with Crippen LogP contribution < -0.4 is 0 Å². The molecule has 1 heterocycles. The highest BCUT2D eigenvalue weighted by atomic mass is 16.6. The normalized spacial score (nSPS) is 20.1. The second-order valence-electron chi connectivity index (χ2n) is 5.41. The van der Waals surface area contributed by atoms with Crippen LogP contribution in [-0.4, -0.2) is 31.8 Å². The summed E-state index contributed by atoms with van der Waals surface area (Å²) in [4.78, 5) is 24.2. The van der Waals surface area contributed by atoms with E-state index >= 15 is 0 Å². The lowest BCUT2D eigenvalue weighted by Gasteiger charge is -2.17. The summed E-state index contributed by atoms with van der Waals surface area (Å²) in [6.07, 6.45) is 3.53. The molecule has 0 aromatic heterocycles. The van der Waals surface area contributed by atoms with Crippen LogP contribution in [0, 0.1) is 5.92 Å². The van der Waals surface area contributed by atoms with E-state index in [0.29, 0.717) is 17.8 Å². The highest BCUT2D eigenvalue weighted by molar-refractivity contribution is 5.92. The number of hydrogen-bond acceptors (Lipinski definition) is 5. The Morgan fingerprint density at radius 3 is 2.58 bits per heavy atom. The van der Waals surface area contributed by atoms with Crippen molar-refractivity contribution in [3.8, 4) is 0 Å². The molecule has 0 spiro atoms. The van der Waals surface area contributed by atoms with E-state index in [1.54, 1.807) is 13.8 Å². The molecule has 0 N–H and O–H groups in total. The van der Waals surface area contributed by atoms with Crippen LogP contribution in [0.25, 0.3) is 6.08 Å². The van der Waals surface area contributed by atoms with Crippen LogP contribution >= 0.6 is 0 Å². The molecule has 0 unspecified atom stereocenters. The molecule has 2 atom stereocenters. The van der Waals surface area contributed by atoms with Crippen molar-refractivity contribution in [3.05, 3.63) is 53.3 Å². The van der Waals surface area contributed by atoms with Crippen molar-refractivity contribution in [2.75, 3.05) is 13.7 Å². The molecule has 0 fully saturated rings. The Bertz CT molecular complexity index is 645. The van der Waals surface area contributed by atoms with Crippen molar-refractivity contribution in [2.24, 2.45) is 5.92 Å². The van der Waals surface area contributed by atoms with E-state index in [0.717, 1.165) is 5.56 Å². The maximum absolute atomic E-state index is 12.1. The topological polar surface area (TPSA) is 61.8 Å². The van der Waals surface area contributed by atoms with Crippen LogP contribution in [-0.2, 0) is 23.8 Å². The summed E-state index contributed by atoms with van der Waals surface area (Å²) in [5.41, 5.74) is 1.44. The zero-order valence-electron chi connectivity index (χ0n) is 14.2. The third-order valence-electron chi connectivity index (χ3n) is 3.84. The van der Waals surface area contributed by atoms with E-state index in [1.165, 1.54) is 7.11 Å². The average molecular weight is 330 g/mol. The molecule has 0 bridgehead atoms. The van der Waals surface area contributed by atoms with Gasteiger partial charge in [-0.05, 0) is 25.8 Å². The first-order valence-corrected chi connectivity index (χ1v) is 7.92. The lowest BCUT2D eigenvalue weighted by atomic mass is 9.91. The first-order chi connectivity index (χ1) is 11.6. The molecule has 5 heteroatoms. The number of allylic oxidation sites excluding steroid dienone is 2. The SMILES string of the molecule is CCOC(=O)[C@H]1OC(C)=C(C(=O)OC)[C@@H]1C/C=C/c1ccccc1. The van der Waals surface area contributed by atoms with Crippen molar-refractivity contribution in [3.63, 3.8) is 0 Å². The summed E-state index contributed by atoms with van der Waals surface area (Å²) in [6.45, 7) is 3.66. The van der Waals surface area contributed by atoms with Gasteiger partial charge in [0.25, 0.3) is 0 Å². The number of hydrogen-bond donors (Lipinski definition) is 0. The summed E-state index contributed by atoms with van der Waals surface area (Å²) < 4.78 is 15.5. The van der Waals surface area contributed by atoms with Gasteiger partial charge < -0.3 is 14.2 Å². The summed E-state index contributed by atoms with van der Waals surface area (Å²) in [5.74, 6) is -0.944. The summed E-state index contributed by atoms with van der Waals surface area (Å²) in [6, 6.07) is 9.80. The largest absolute Gasteiger partial charge is 0.482 e. The summed E-state index contributed by atoms with van der Waals surface area (Å²) >= 11 is 0. The van der Waals surface area contributed by atoms with Gasteiger partial charge in [-0.25, -0.2) is 9.59 Å².